The van der Waals surface area contributed by atoms with Gasteiger partial charge in [-0.15, -0.1) is 10.2 Å². The van der Waals surface area contributed by atoms with Crippen LogP contribution in [0, 0.1) is 28.6 Å². The predicted molar refractivity (Wildman–Crippen MR) is 101 cm³/mol. The number of aromatic nitrogens is 2. The van der Waals surface area contributed by atoms with Crippen LogP contribution in [0.1, 0.15) is 65.6 Å². The molecule has 29 heavy (non-hydrogen) atoms. The first-order chi connectivity index (χ1) is 13.9. The van der Waals surface area contributed by atoms with Crippen molar-refractivity contribution in [3.63, 3.8) is 0 Å². The van der Waals surface area contributed by atoms with Crippen molar-refractivity contribution in [2.75, 3.05) is 5.32 Å². The number of nitrogens with zero attached hydrogens (tertiary/aromatic N) is 4. The van der Waals surface area contributed by atoms with E-state index in [0.29, 0.717) is 16.6 Å². The van der Waals surface area contributed by atoms with Gasteiger partial charge in [0.05, 0.1) is 29.2 Å². The molecule has 1 amide bonds. The van der Waals surface area contributed by atoms with Crippen molar-refractivity contribution in [2.24, 2.45) is 5.92 Å². The first-order valence-electron chi connectivity index (χ1n) is 9.36. The van der Waals surface area contributed by atoms with Crippen LogP contribution in [-0.4, -0.2) is 22.0 Å². The van der Waals surface area contributed by atoms with Crippen LogP contribution in [0.2, 0.25) is 0 Å². The lowest BCUT2D eigenvalue weighted by molar-refractivity contribution is -0.118. The van der Waals surface area contributed by atoms with Gasteiger partial charge >= 0.3 is 0 Å². The number of alkyl halides is 2. The quantitative estimate of drug-likeness (QED) is 0.786. The van der Waals surface area contributed by atoms with E-state index in [9.17, 15) is 24.1 Å². The summed E-state index contributed by atoms with van der Waals surface area (Å²) in [6.45, 7) is 0. The molecule has 1 heterocycles. The maximum Gasteiger partial charge on any atom is 0.248 e. The first-order valence-corrected chi connectivity index (χ1v) is 10.2. The molecular formula is C20H17F2N5OS. The maximum absolute atomic E-state index is 13.9. The number of benzene rings is 1. The van der Waals surface area contributed by atoms with Crippen molar-refractivity contribution >= 4 is 22.4 Å². The lowest BCUT2D eigenvalue weighted by Gasteiger charge is -2.23. The third-order valence-corrected chi connectivity index (χ3v) is 6.37. The van der Waals surface area contributed by atoms with Crippen LogP contribution >= 0.6 is 11.3 Å². The molecule has 2 fully saturated rings. The van der Waals surface area contributed by atoms with E-state index in [1.54, 1.807) is 0 Å². The largest absolute Gasteiger partial charge is 0.300 e. The summed E-state index contributed by atoms with van der Waals surface area (Å²) in [6.07, 6.45) is 1.61. The average Bonchev–Trinajstić information content (AvgIpc) is 3.35. The number of anilines is 1. The number of hydrogen-bond donors (Lipinski definition) is 1. The molecule has 0 saturated heterocycles. The third-order valence-electron chi connectivity index (χ3n) is 5.37. The standard InChI is InChI=1S/C20H17F2N5OS/c21-20(22)4-3-14(8-20)16(15-6-11(9-23)5-12(7-15)10-24)17(28)25-19-27-26-18(29-19)13-1-2-13/h5-7,13-14,16H,1-4,8H2,(H,25,27,28). The van der Waals surface area contributed by atoms with E-state index in [1.165, 1.54) is 29.5 Å². The molecule has 2 atom stereocenters. The molecule has 148 valence electrons. The minimum absolute atomic E-state index is 0.188. The van der Waals surface area contributed by atoms with Crippen molar-refractivity contribution in [1.29, 1.82) is 10.5 Å². The fraction of sp³-hybridized carbons (Fsp3) is 0.450. The lowest BCUT2D eigenvalue weighted by atomic mass is 9.82. The van der Waals surface area contributed by atoms with E-state index < -0.39 is 30.1 Å². The fourth-order valence-electron chi connectivity index (χ4n) is 3.83. The van der Waals surface area contributed by atoms with Crippen LogP contribution in [0.25, 0.3) is 0 Å². The Labute approximate surface area is 170 Å². The van der Waals surface area contributed by atoms with Gasteiger partial charge in [-0.3, -0.25) is 10.1 Å². The van der Waals surface area contributed by atoms with Gasteiger partial charge in [0.1, 0.15) is 5.01 Å². The Morgan fingerprint density at radius 3 is 2.41 bits per heavy atom. The molecule has 2 aliphatic carbocycles. The summed E-state index contributed by atoms with van der Waals surface area (Å²) >= 11 is 1.30. The van der Waals surface area contributed by atoms with E-state index in [1.807, 2.05) is 12.1 Å². The summed E-state index contributed by atoms with van der Waals surface area (Å²) in [4.78, 5) is 13.1. The molecule has 0 bridgehead atoms. The van der Waals surface area contributed by atoms with Crippen molar-refractivity contribution in [3.05, 3.63) is 39.9 Å². The summed E-state index contributed by atoms with van der Waals surface area (Å²) in [5, 5.41) is 30.5. The van der Waals surface area contributed by atoms with Crippen LogP contribution in [0.3, 0.4) is 0 Å². The summed E-state index contributed by atoms with van der Waals surface area (Å²) < 4.78 is 27.8. The number of rotatable bonds is 5. The Morgan fingerprint density at radius 2 is 1.86 bits per heavy atom. The Hall–Kier alpha value is -2.91. The Morgan fingerprint density at radius 1 is 1.17 bits per heavy atom. The molecule has 1 aromatic carbocycles. The highest BCUT2D eigenvalue weighted by Gasteiger charge is 2.45. The topological polar surface area (TPSA) is 102 Å². The number of nitrogens with one attached hydrogen (secondary N) is 1. The van der Waals surface area contributed by atoms with Gasteiger partial charge in [-0.1, -0.05) is 11.3 Å². The smallest absolute Gasteiger partial charge is 0.248 e. The molecule has 9 heteroatoms. The van der Waals surface area contributed by atoms with Gasteiger partial charge in [-0.2, -0.15) is 10.5 Å². The number of carbonyl (C=O) groups excluding carboxylic acids is 1. The minimum Gasteiger partial charge on any atom is -0.300 e. The van der Waals surface area contributed by atoms with E-state index in [0.717, 1.165) is 17.8 Å². The van der Waals surface area contributed by atoms with Gasteiger partial charge in [0.2, 0.25) is 17.0 Å². The SMILES string of the molecule is N#Cc1cc(C#N)cc(C(C(=O)Nc2nnc(C3CC3)s2)C2CCC(F)(F)C2)c1. The number of amides is 1. The van der Waals surface area contributed by atoms with Crippen molar-refractivity contribution in [3.8, 4) is 12.1 Å². The van der Waals surface area contributed by atoms with Gasteiger partial charge in [0.15, 0.2) is 0 Å². The molecule has 4 rings (SSSR count). The minimum atomic E-state index is -2.82. The molecule has 1 N–H and O–H groups in total. The molecule has 0 radical (unpaired) electrons. The van der Waals surface area contributed by atoms with Crippen LogP contribution in [0.15, 0.2) is 18.2 Å². The van der Waals surface area contributed by atoms with Gasteiger partial charge < -0.3 is 0 Å². The van der Waals surface area contributed by atoms with Crippen LogP contribution < -0.4 is 5.32 Å². The lowest BCUT2D eigenvalue weighted by Crippen LogP contribution is -2.27. The molecule has 6 nitrogen and oxygen atoms in total. The van der Waals surface area contributed by atoms with Crippen LogP contribution in [0.4, 0.5) is 13.9 Å². The zero-order chi connectivity index (χ0) is 20.6. The van der Waals surface area contributed by atoms with Gasteiger partial charge in [0.25, 0.3) is 0 Å². The second-order valence-corrected chi connectivity index (χ2v) is 8.62. The Balaban J connectivity index is 1.65. The molecule has 0 spiro atoms. The second-order valence-electron chi connectivity index (χ2n) is 7.61. The van der Waals surface area contributed by atoms with Crippen molar-refractivity contribution in [1.82, 2.24) is 10.2 Å². The number of halogens is 2. The van der Waals surface area contributed by atoms with E-state index >= 15 is 0 Å². The molecule has 2 unspecified atom stereocenters. The van der Waals surface area contributed by atoms with Crippen LogP contribution in [-0.2, 0) is 4.79 Å². The van der Waals surface area contributed by atoms with Crippen molar-refractivity contribution < 1.29 is 13.6 Å². The van der Waals surface area contributed by atoms with E-state index in [2.05, 4.69) is 15.5 Å². The first kappa shape index (κ1) is 19.4. The molecule has 1 aromatic heterocycles. The Kier molecular flexibility index (Phi) is 5.01. The summed E-state index contributed by atoms with van der Waals surface area (Å²) in [6, 6.07) is 8.33. The van der Waals surface area contributed by atoms with Crippen molar-refractivity contribution in [2.45, 2.75) is 49.9 Å². The zero-order valence-corrected chi connectivity index (χ0v) is 16.2. The second kappa shape index (κ2) is 7.49. The highest BCUT2D eigenvalue weighted by molar-refractivity contribution is 7.15. The monoisotopic (exact) mass is 413 g/mol. The Bertz CT molecular complexity index is 1000. The van der Waals surface area contributed by atoms with Gasteiger partial charge in [-0.05, 0) is 48.9 Å². The summed E-state index contributed by atoms with van der Waals surface area (Å²) in [5.41, 5.74) is 0.829. The normalized spacial score (nSPS) is 21.2. The average molecular weight is 413 g/mol. The highest BCUT2D eigenvalue weighted by atomic mass is 32.1. The summed E-state index contributed by atoms with van der Waals surface area (Å²) in [7, 11) is 0. The molecule has 2 saturated carbocycles. The summed E-state index contributed by atoms with van der Waals surface area (Å²) in [5.74, 6) is -4.40. The highest BCUT2D eigenvalue weighted by Crippen LogP contribution is 2.46. The number of nitriles is 2. The molecular weight excluding hydrogens is 396 g/mol. The molecule has 2 aromatic rings. The number of hydrogen-bond acceptors (Lipinski definition) is 6. The van der Waals surface area contributed by atoms with Crippen LogP contribution in [0.5, 0.6) is 0 Å². The predicted octanol–water partition coefficient (Wildman–Crippen LogP) is 4.32. The zero-order valence-electron chi connectivity index (χ0n) is 15.4. The fourth-order valence-corrected chi connectivity index (χ4v) is 4.75. The maximum atomic E-state index is 13.9. The molecule has 0 aliphatic heterocycles. The molecule has 2 aliphatic rings. The van der Waals surface area contributed by atoms with Gasteiger partial charge in [-0.25, -0.2) is 8.78 Å². The van der Waals surface area contributed by atoms with Gasteiger partial charge in [0, 0.05) is 18.8 Å². The third kappa shape index (κ3) is 4.25. The van der Waals surface area contributed by atoms with E-state index in [4.69, 9.17) is 0 Å². The number of carbonyl (C=O) groups is 1. The van der Waals surface area contributed by atoms with E-state index in [-0.39, 0.29) is 24.0 Å².